The molecule has 0 aromatic heterocycles. The van der Waals surface area contributed by atoms with Gasteiger partial charge < -0.3 is 29.3 Å². The number of fused-ring (bicyclic) bond motifs is 1. The summed E-state index contributed by atoms with van der Waals surface area (Å²) in [6.45, 7) is 5.23. The maximum Gasteiger partial charge on any atom is 0.293 e. The van der Waals surface area contributed by atoms with Gasteiger partial charge >= 0.3 is 0 Å². The molecule has 2 saturated heterocycles. The smallest absolute Gasteiger partial charge is 0.293 e. The number of benzene rings is 5. The molecule has 3 heterocycles. The number of rotatable bonds is 12. The van der Waals surface area contributed by atoms with Gasteiger partial charge in [0.2, 0.25) is 6.79 Å². The fraction of sp³-hybridized carbons (Fsp3) is 0.279. The molecule has 1 amide bonds. The zero-order valence-corrected chi connectivity index (χ0v) is 34.9. The molecular weight excluding hydrogens is 831 g/mol. The van der Waals surface area contributed by atoms with Crippen LogP contribution < -0.4 is 29.1 Å². The minimum Gasteiger partial charge on any atom is -0.455 e. The van der Waals surface area contributed by atoms with Crippen LogP contribution >= 0.6 is 23.2 Å². The molecule has 0 saturated carbocycles. The normalized spacial score (nSPS) is 16.1. The number of nitrogens with zero attached hydrogens (tertiary/aromatic N) is 4. The van der Waals surface area contributed by atoms with Gasteiger partial charge in [0.05, 0.1) is 20.4 Å². The molecule has 312 valence electrons. The van der Waals surface area contributed by atoms with Gasteiger partial charge in [0, 0.05) is 61.6 Å². The topological polar surface area (TPSA) is 156 Å². The van der Waals surface area contributed by atoms with Crippen LogP contribution in [0.1, 0.15) is 28.8 Å². The number of hydrogen-bond donors (Lipinski definition) is 2. The number of carbonyl (C=O) groups is 1. The van der Waals surface area contributed by atoms with Crippen molar-refractivity contribution in [2.24, 2.45) is 0 Å². The molecule has 8 rings (SSSR count). The van der Waals surface area contributed by atoms with Gasteiger partial charge in [-0.05, 0) is 110 Å². The molecule has 3 aliphatic rings. The molecular formula is C43H42Cl2N6O8S. The van der Waals surface area contributed by atoms with Crippen molar-refractivity contribution < 1.29 is 32.3 Å². The highest BCUT2D eigenvalue weighted by atomic mass is 35.5. The monoisotopic (exact) mass is 872 g/mol. The Morgan fingerprint density at radius 1 is 0.867 bits per heavy atom. The number of halogens is 2. The molecule has 14 nitrogen and oxygen atoms in total. The zero-order valence-electron chi connectivity index (χ0n) is 32.6. The van der Waals surface area contributed by atoms with Crippen molar-refractivity contribution in [3.63, 3.8) is 0 Å². The van der Waals surface area contributed by atoms with Crippen LogP contribution in [0.4, 0.5) is 17.1 Å². The van der Waals surface area contributed by atoms with E-state index in [1.165, 1.54) is 18.2 Å². The molecule has 3 aliphatic heterocycles. The Kier molecular flexibility index (Phi) is 12.1. The Balaban J connectivity index is 0.998. The van der Waals surface area contributed by atoms with E-state index in [1.54, 1.807) is 36.4 Å². The average Bonchev–Trinajstić information content (AvgIpc) is 3.70. The van der Waals surface area contributed by atoms with Crippen molar-refractivity contribution >= 4 is 56.2 Å². The van der Waals surface area contributed by atoms with Crippen LogP contribution in [0.15, 0.2) is 102 Å². The molecule has 0 unspecified atom stereocenters. The lowest BCUT2D eigenvalue weighted by molar-refractivity contribution is -0.384. The lowest BCUT2D eigenvalue weighted by Gasteiger charge is -2.36. The van der Waals surface area contributed by atoms with Crippen molar-refractivity contribution in [2.75, 3.05) is 63.3 Å². The molecule has 5 aromatic rings. The van der Waals surface area contributed by atoms with Crippen LogP contribution in [-0.4, -0.2) is 88.2 Å². The maximum atomic E-state index is 13.8. The first-order chi connectivity index (χ1) is 28.9. The highest BCUT2D eigenvalue weighted by molar-refractivity contribution is 7.90. The van der Waals surface area contributed by atoms with Gasteiger partial charge in [0.15, 0.2) is 11.5 Å². The van der Waals surface area contributed by atoms with Gasteiger partial charge in [-0.25, -0.2) is 13.1 Å². The number of amides is 1. The van der Waals surface area contributed by atoms with Crippen LogP contribution in [0, 0.1) is 10.1 Å². The molecule has 0 atom stereocenters. The number of nitro benzene ring substituents is 1. The van der Waals surface area contributed by atoms with Crippen molar-refractivity contribution in [3.8, 4) is 34.1 Å². The second-order valence-electron chi connectivity index (χ2n) is 14.9. The van der Waals surface area contributed by atoms with E-state index < -0.39 is 31.4 Å². The first kappa shape index (κ1) is 41.2. The summed E-state index contributed by atoms with van der Waals surface area (Å²) in [5, 5.41) is 16.2. The van der Waals surface area contributed by atoms with Gasteiger partial charge in [-0.2, -0.15) is 0 Å². The lowest BCUT2D eigenvalue weighted by Crippen LogP contribution is -2.46. The summed E-state index contributed by atoms with van der Waals surface area (Å²) in [5.74, 6) is 0.768. The highest BCUT2D eigenvalue weighted by Crippen LogP contribution is 2.40. The first-order valence-corrected chi connectivity index (χ1v) is 21.7. The lowest BCUT2D eigenvalue weighted by atomic mass is 9.98. The Labute approximate surface area is 357 Å². The molecule has 0 aliphatic carbocycles. The van der Waals surface area contributed by atoms with Gasteiger partial charge in [-0.1, -0.05) is 47.5 Å². The van der Waals surface area contributed by atoms with E-state index in [4.69, 9.17) is 37.4 Å². The largest absolute Gasteiger partial charge is 0.455 e. The molecule has 0 spiro atoms. The van der Waals surface area contributed by atoms with Crippen molar-refractivity contribution in [1.82, 2.24) is 14.5 Å². The molecule has 2 N–H and O–H groups in total. The van der Waals surface area contributed by atoms with E-state index in [9.17, 15) is 23.3 Å². The molecule has 17 heteroatoms. The SMILES string of the molecule is CN1CCC(Nc2ccc(S(=O)(=O)NC(=O)c3ccc(N4CCN(Cc5cc6c(cc5-c5ccc(Cl)cc5)OCO6)CC4)cc3Oc3ccccc3Cl)cc2[N+](=O)[O-])CC1. The number of ether oxygens (including phenoxy) is 3. The van der Waals surface area contributed by atoms with Crippen LogP contribution in [-0.2, 0) is 16.6 Å². The van der Waals surface area contributed by atoms with Gasteiger partial charge in [0.25, 0.3) is 21.6 Å². The zero-order chi connectivity index (χ0) is 42.0. The average molecular weight is 874 g/mol. The Morgan fingerprint density at radius 2 is 1.58 bits per heavy atom. The van der Waals surface area contributed by atoms with Crippen molar-refractivity contribution in [1.29, 1.82) is 0 Å². The van der Waals surface area contributed by atoms with E-state index in [0.717, 1.165) is 54.4 Å². The second-order valence-corrected chi connectivity index (χ2v) is 17.5. The molecule has 0 radical (unpaired) electrons. The third-order valence-corrected chi connectivity index (χ3v) is 12.8. The summed E-state index contributed by atoms with van der Waals surface area (Å²) < 4.78 is 46.9. The summed E-state index contributed by atoms with van der Waals surface area (Å²) in [6.07, 6.45) is 1.57. The number of nitrogens with one attached hydrogen (secondary N) is 2. The maximum absolute atomic E-state index is 13.8. The Morgan fingerprint density at radius 3 is 2.30 bits per heavy atom. The quantitative estimate of drug-likeness (QED) is 0.0921. The molecule has 5 aromatic carbocycles. The third-order valence-electron chi connectivity index (χ3n) is 10.9. The standard InChI is InChI=1S/C43H42Cl2N6O8S/c1-48-16-14-31(15-17-48)46-37-13-11-33(24-38(37)51(53)54)60(55,56)47-43(52)34-12-10-32(23-40(34)59-39-5-3-2-4-36(39)45)50-20-18-49(19-21-50)26-29-22-41-42(58-27-57-41)25-35(29)28-6-8-30(44)9-7-28/h2-13,22-25,31,46H,14-21,26-27H2,1H3,(H,47,52). The number of piperazine rings is 1. The molecule has 0 bridgehead atoms. The summed E-state index contributed by atoms with van der Waals surface area (Å²) >= 11 is 12.6. The minimum atomic E-state index is -4.56. The summed E-state index contributed by atoms with van der Waals surface area (Å²) in [4.78, 5) is 31.5. The van der Waals surface area contributed by atoms with Crippen molar-refractivity contribution in [3.05, 3.63) is 128 Å². The number of piperidine rings is 1. The number of carbonyl (C=O) groups excluding carboxylic acids is 1. The highest BCUT2D eigenvalue weighted by Gasteiger charge is 2.29. The summed E-state index contributed by atoms with van der Waals surface area (Å²) in [6, 6.07) is 27.0. The van der Waals surface area contributed by atoms with Gasteiger partial charge in [0.1, 0.15) is 17.2 Å². The number of sulfonamides is 1. The number of likely N-dealkylation sites (tertiary alicyclic amines) is 1. The van der Waals surface area contributed by atoms with E-state index in [1.807, 2.05) is 43.4 Å². The molecule has 60 heavy (non-hydrogen) atoms. The predicted octanol–water partition coefficient (Wildman–Crippen LogP) is 8.04. The number of hydrogen-bond acceptors (Lipinski definition) is 12. The van der Waals surface area contributed by atoms with E-state index in [0.29, 0.717) is 54.3 Å². The molecule has 2 fully saturated rings. The van der Waals surface area contributed by atoms with E-state index >= 15 is 0 Å². The van der Waals surface area contributed by atoms with Crippen molar-refractivity contribution in [2.45, 2.75) is 30.3 Å². The number of nitro groups is 1. The number of para-hydroxylation sites is 1. The number of anilines is 2. The van der Waals surface area contributed by atoms with Crippen LogP contribution in [0.25, 0.3) is 11.1 Å². The van der Waals surface area contributed by atoms with Gasteiger partial charge in [-0.15, -0.1) is 0 Å². The Hall–Kier alpha value is -5.58. The fourth-order valence-corrected chi connectivity index (χ4v) is 8.89. The van der Waals surface area contributed by atoms with E-state index in [-0.39, 0.29) is 35.6 Å². The predicted molar refractivity (Wildman–Crippen MR) is 230 cm³/mol. The van der Waals surface area contributed by atoms with Crippen LogP contribution in [0.5, 0.6) is 23.0 Å². The summed E-state index contributed by atoms with van der Waals surface area (Å²) in [5.41, 5.74) is 3.62. The Bertz CT molecular complexity index is 2530. The van der Waals surface area contributed by atoms with E-state index in [2.05, 4.69) is 24.7 Å². The van der Waals surface area contributed by atoms with Crippen LogP contribution in [0.2, 0.25) is 10.0 Å². The summed E-state index contributed by atoms with van der Waals surface area (Å²) in [7, 11) is -2.55. The van der Waals surface area contributed by atoms with Gasteiger partial charge in [-0.3, -0.25) is 19.8 Å². The third kappa shape index (κ3) is 9.25. The van der Waals surface area contributed by atoms with Crippen LogP contribution in [0.3, 0.4) is 0 Å². The first-order valence-electron chi connectivity index (χ1n) is 19.4. The fourth-order valence-electron chi connectivity index (χ4n) is 7.60. The second kappa shape index (κ2) is 17.6. The minimum absolute atomic E-state index is 0.000607.